The van der Waals surface area contributed by atoms with Crippen LogP contribution in [0.2, 0.25) is 0 Å². The van der Waals surface area contributed by atoms with Crippen LogP contribution >= 0.6 is 0 Å². The van der Waals surface area contributed by atoms with E-state index in [2.05, 4.69) is 44.1 Å². The number of nitrogens with one attached hydrogen (secondary N) is 1. The molecule has 1 rings (SSSR count). The van der Waals surface area contributed by atoms with E-state index >= 15 is 0 Å². The molecule has 3 nitrogen and oxygen atoms in total. The molecule has 1 N–H and O–H groups in total. The Labute approximate surface area is 124 Å². The highest BCUT2D eigenvalue weighted by Crippen LogP contribution is 2.36. The molecular formula is C17H30N2O. The predicted octanol–water partition coefficient (Wildman–Crippen LogP) is 4.35. The minimum atomic E-state index is 0.174. The minimum absolute atomic E-state index is 0.174. The lowest BCUT2D eigenvalue weighted by Gasteiger charge is -2.34. The molecule has 0 fully saturated rings. The van der Waals surface area contributed by atoms with E-state index in [1.165, 1.54) is 5.56 Å². The van der Waals surface area contributed by atoms with Gasteiger partial charge in [0.05, 0.1) is 12.3 Å². The molecule has 114 valence electrons. The molecule has 0 saturated heterocycles. The molecule has 0 radical (unpaired) electrons. The molecule has 0 aliphatic carbocycles. The summed E-state index contributed by atoms with van der Waals surface area (Å²) in [6, 6.07) is 2.42. The monoisotopic (exact) mass is 278 g/mol. The van der Waals surface area contributed by atoms with Crippen LogP contribution in [-0.2, 0) is 0 Å². The molecule has 0 aliphatic rings. The summed E-state index contributed by atoms with van der Waals surface area (Å²) < 4.78 is 5.77. The molecule has 0 aliphatic heterocycles. The quantitative estimate of drug-likeness (QED) is 0.768. The maximum absolute atomic E-state index is 5.77. The van der Waals surface area contributed by atoms with Crippen molar-refractivity contribution < 1.29 is 4.74 Å². The second-order valence-corrected chi connectivity index (χ2v) is 6.35. The van der Waals surface area contributed by atoms with Gasteiger partial charge < -0.3 is 10.1 Å². The molecule has 1 aromatic rings. The Balaban J connectivity index is 3.00. The van der Waals surface area contributed by atoms with Crippen molar-refractivity contribution in [3.05, 3.63) is 24.0 Å². The molecule has 0 bridgehead atoms. The van der Waals surface area contributed by atoms with Gasteiger partial charge in [0.25, 0.3) is 0 Å². The minimum Gasteiger partial charge on any atom is -0.489 e. The first kappa shape index (κ1) is 17.0. The third kappa shape index (κ3) is 4.78. The van der Waals surface area contributed by atoms with Gasteiger partial charge in [-0.25, -0.2) is 0 Å². The maximum atomic E-state index is 5.77. The lowest BCUT2D eigenvalue weighted by Crippen LogP contribution is -2.34. The first-order valence-corrected chi connectivity index (χ1v) is 7.75. The zero-order valence-corrected chi connectivity index (χ0v) is 13.9. The van der Waals surface area contributed by atoms with E-state index in [1.807, 2.05) is 20.0 Å². The van der Waals surface area contributed by atoms with Crippen molar-refractivity contribution in [1.82, 2.24) is 10.3 Å². The Morgan fingerprint density at radius 1 is 1.25 bits per heavy atom. The smallest absolute Gasteiger partial charge is 0.138 e. The average Bonchev–Trinajstić information content (AvgIpc) is 2.38. The SMILES string of the molecule is CCCNC(c1cncc(OC(C)C)c1)C(C)(C)CC. The van der Waals surface area contributed by atoms with Crippen molar-refractivity contribution in [3.8, 4) is 5.75 Å². The first-order valence-electron chi connectivity index (χ1n) is 7.75. The molecule has 0 spiro atoms. The van der Waals surface area contributed by atoms with Crippen molar-refractivity contribution in [2.24, 2.45) is 5.41 Å². The van der Waals surface area contributed by atoms with Crippen LogP contribution in [0.3, 0.4) is 0 Å². The van der Waals surface area contributed by atoms with Crippen molar-refractivity contribution in [1.29, 1.82) is 0 Å². The zero-order valence-electron chi connectivity index (χ0n) is 13.9. The van der Waals surface area contributed by atoms with Crippen LogP contribution < -0.4 is 10.1 Å². The number of pyridine rings is 1. The predicted molar refractivity (Wildman–Crippen MR) is 85.1 cm³/mol. The normalized spacial score (nSPS) is 13.6. The average molecular weight is 278 g/mol. The third-order valence-corrected chi connectivity index (χ3v) is 3.73. The van der Waals surface area contributed by atoms with Crippen LogP contribution in [0, 0.1) is 5.41 Å². The Bertz CT molecular complexity index is 402. The lowest BCUT2D eigenvalue weighted by molar-refractivity contribution is 0.228. The molecule has 20 heavy (non-hydrogen) atoms. The van der Waals surface area contributed by atoms with E-state index in [9.17, 15) is 0 Å². The van der Waals surface area contributed by atoms with E-state index in [4.69, 9.17) is 4.74 Å². The highest BCUT2D eigenvalue weighted by atomic mass is 16.5. The second kappa shape index (κ2) is 7.63. The number of ether oxygens (including phenoxy) is 1. The summed E-state index contributed by atoms with van der Waals surface area (Å²) in [5.41, 5.74) is 1.40. The summed E-state index contributed by atoms with van der Waals surface area (Å²) in [6.45, 7) is 14.1. The van der Waals surface area contributed by atoms with Gasteiger partial charge in [-0.05, 0) is 50.3 Å². The largest absolute Gasteiger partial charge is 0.489 e. The van der Waals surface area contributed by atoms with Gasteiger partial charge in [0.15, 0.2) is 0 Å². The highest BCUT2D eigenvalue weighted by molar-refractivity contribution is 5.27. The van der Waals surface area contributed by atoms with Crippen LogP contribution in [0.15, 0.2) is 18.5 Å². The van der Waals surface area contributed by atoms with Crippen molar-refractivity contribution in [3.63, 3.8) is 0 Å². The number of rotatable bonds is 8. The van der Waals surface area contributed by atoms with Crippen LogP contribution in [0.5, 0.6) is 5.75 Å². The van der Waals surface area contributed by atoms with Crippen LogP contribution in [0.4, 0.5) is 0 Å². The summed E-state index contributed by atoms with van der Waals surface area (Å²) in [6.07, 6.45) is 6.17. The van der Waals surface area contributed by atoms with Gasteiger partial charge in [0.1, 0.15) is 5.75 Å². The fourth-order valence-electron chi connectivity index (χ4n) is 2.27. The Hall–Kier alpha value is -1.09. The van der Waals surface area contributed by atoms with E-state index in [0.717, 1.165) is 25.1 Å². The summed E-state index contributed by atoms with van der Waals surface area (Å²) in [4.78, 5) is 4.35. The van der Waals surface area contributed by atoms with Gasteiger partial charge in [-0.2, -0.15) is 0 Å². The Morgan fingerprint density at radius 3 is 2.50 bits per heavy atom. The van der Waals surface area contributed by atoms with Crippen molar-refractivity contribution in [2.45, 2.75) is 66.5 Å². The topological polar surface area (TPSA) is 34.2 Å². The Kier molecular flexibility index (Phi) is 6.47. The van der Waals surface area contributed by atoms with Crippen LogP contribution in [0.1, 0.15) is 66.0 Å². The molecule has 0 aromatic carbocycles. The number of nitrogens with zero attached hydrogens (tertiary/aromatic N) is 1. The van der Waals surface area contributed by atoms with Gasteiger partial charge in [0, 0.05) is 12.2 Å². The molecule has 1 aromatic heterocycles. The molecule has 3 heteroatoms. The molecule has 1 heterocycles. The summed E-state index contributed by atoms with van der Waals surface area (Å²) >= 11 is 0. The molecule has 1 unspecified atom stereocenters. The van der Waals surface area contributed by atoms with Crippen molar-refractivity contribution >= 4 is 0 Å². The van der Waals surface area contributed by atoms with E-state index < -0.39 is 0 Å². The van der Waals surface area contributed by atoms with Gasteiger partial charge in [0.2, 0.25) is 0 Å². The van der Waals surface area contributed by atoms with Crippen LogP contribution in [-0.4, -0.2) is 17.6 Å². The summed E-state index contributed by atoms with van der Waals surface area (Å²) in [5, 5.41) is 3.66. The van der Waals surface area contributed by atoms with Gasteiger partial charge in [-0.1, -0.05) is 27.7 Å². The summed E-state index contributed by atoms with van der Waals surface area (Å²) in [7, 11) is 0. The van der Waals surface area contributed by atoms with E-state index in [-0.39, 0.29) is 11.5 Å². The summed E-state index contributed by atoms with van der Waals surface area (Å²) in [5.74, 6) is 0.854. The van der Waals surface area contributed by atoms with E-state index in [0.29, 0.717) is 6.04 Å². The third-order valence-electron chi connectivity index (χ3n) is 3.73. The molecular weight excluding hydrogens is 248 g/mol. The number of hydrogen-bond donors (Lipinski definition) is 1. The molecule has 0 saturated carbocycles. The van der Waals surface area contributed by atoms with Gasteiger partial charge in [-0.15, -0.1) is 0 Å². The van der Waals surface area contributed by atoms with Gasteiger partial charge in [-0.3, -0.25) is 4.98 Å². The molecule has 1 atom stereocenters. The Morgan fingerprint density at radius 2 is 1.95 bits per heavy atom. The zero-order chi connectivity index (χ0) is 15.2. The fraction of sp³-hybridized carbons (Fsp3) is 0.706. The first-order chi connectivity index (χ1) is 9.40. The second-order valence-electron chi connectivity index (χ2n) is 6.35. The lowest BCUT2D eigenvalue weighted by atomic mass is 9.78. The maximum Gasteiger partial charge on any atom is 0.138 e. The van der Waals surface area contributed by atoms with E-state index in [1.54, 1.807) is 6.20 Å². The molecule has 0 amide bonds. The number of hydrogen-bond acceptors (Lipinski definition) is 3. The highest BCUT2D eigenvalue weighted by Gasteiger charge is 2.29. The number of aromatic nitrogens is 1. The van der Waals surface area contributed by atoms with Gasteiger partial charge >= 0.3 is 0 Å². The van der Waals surface area contributed by atoms with Crippen molar-refractivity contribution in [2.75, 3.05) is 6.54 Å². The fourth-order valence-corrected chi connectivity index (χ4v) is 2.27. The standard InChI is InChI=1S/C17H30N2O/c1-7-9-19-16(17(5,6)8-2)14-10-15(12-18-11-14)20-13(3)4/h10-13,16,19H,7-9H2,1-6H3. The van der Waals surface area contributed by atoms with Crippen LogP contribution in [0.25, 0.3) is 0 Å².